The van der Waals surface area contributed by atoms with Crippen molar-refractivity contribution in [3.63, 3.8) is 0 Å². The smallest absolute Gasteiger partial charge is 0.119 e. The molecular weight excluding hydrogens is 252 g/mol. The number of hydrogen-bond donors (Lipinski definition) is 2. The summed E-state index contributed by atoms with van der Waals surface area (Å²) in [6.45, 7) is 4.97. The zero-order valence-corrected chi connectivity index (χ0v) is 12.3. The summed E-state index contributed by atoms with van der Waals surface area (Å²) in [4.78, 5) is 2.32. The highest BCUT2D eigenvalue weighted by atomic mass is 16.5. The molecule has 0 saturated carbocycles. The van der Waals surface area contributed by atoms with Crippen LogP contribution in [0.5, 0.6) is 5.75 Å². The average molecular weight is 278 g/mol. The molecule has 2 unspecified atom stereocenters. The summed E-state index contributed by atoms with van der Waals surface area (Å²) >= 11 is 0. The SMILES string of the molecule is CCCOc1ccc(N2CC(N)CC(CCO)C2)cc1. The summed E-state index contributed by atoms with van der Waals surface area (Å²) < 4.78 is 5.60. The highest BCUT2D eigenvalue weighted by molar-refractivity contribution is 5.49. The normalized spacial score (nSPS) is 22.9. The van der Waals surface area contributed by atoms with Crippen molar-refractivity contribution in [3.05, 3.63) is 24.3 Å². The van der Waals surface area contributed by atoms with Crippen LogP contribution in [0.2, 0.25) is 0 Å². The van der Waals surface area contributed by atoms with Crippen molar-refractivity contribution in [3.8, 4) is 5.75 Å². The maximum atomic E-state index is 9.10. The number of ether oxygens (including phenoxy) is 1. The highest BCUT2D eigenvalue weighted by Gasteiger charge is 2.24. The minimum absolute atomic E-state index is 0.191. The van der Waals surface area contributed by atoms with E-state index in [1.165, 1.54) is 5.69 Å². The van der Waals surface area contributed by atoms with Gasteiger partial charge in [-0.05, 0) is 49.4 Å². The average Bonchev–Trinajstić information content (AvgIpc) is 2.45. The van der Waals surface area contributed by atoms with Crippen LogP contribution in [0.15, 0.2) is 24.3 Å². The first-order valence-corrected chi connectivity index (χ1v) is 7.57. The number of anilines is 1. The van der Waals surface area contributed by atoms with E-state index < -0.39 is 0 Å². The van der Waals surface area contributed by atoms with Crippen molar-refractivity contribution >= 4 is 5.69 Å². The largest absolute Gasteiger partial charge is 0.494 e. The molecule has 1 aliphatic heterocycles. The Labute approximate surface area is 121 Å². The fraction of sp³-hybridized carbons (Fsp3) is 0.625. The summed E-state index contributed by atoms with van der Waals surface area (Å²) in [5, 5.41) is 9.10. The van der Waals surface area contributed by atoms with Gasteiger partial charge >= 0.3 is 0 Å². The van der Waals surface area contributed by atoms with Gasteiger partial charge in [0, 0.05) is 31.4 Å². The van der Waals surface area contributed by atoms with Crippen molar-refractivity contribution in [2.45, 2.75) is 32.2 Å². The van der Waals surface area contributed by atoms with Crippen LogP contribution in [0.25, 0.3) is 0 Å². The molecule has 1 aromatic carbocycles. The second-order valence-electron chi connectivity index (χ2n) is 5.62. The minimum atomic E-state index is 0.191. The van der Waals surface area contributed by atoms with E-state index in [0.717, 1.165) is 44.7 Å². The third kappa shape index (κ3) is 4.12. The summed E-state index contributed by atoms with van der Waals surface area (Å²) in [5.74, 6) is 1.41. The summed E-state index contributed by atoms with van der Waals surface area (Å²) in [7, 11) is 0. The zero-order chi connectivity index (χ0) is 14.4. The Kier molecular flexibility index (Phi) is 5.68. The van der Waals surface area contributed by atoms with Crippen LogP contribution < -0.4 is 15.4 Å². The van der Waals surface area contributed by atoms with Crippen LogP contribution in [-0.4, -0.2) is 37.5 Å². The van der Waals surface area contributed by atoms with Gasteiger partial charge in [-0.3, -0.25) is 0 Å². The van der Waals surface area contributed by atoms with Crippen molar-refractivity contribution in [1.82, 2.24) is 0 Å². The third-order valence-electron chi connectivity index (χ3n) is 3.78. The highest BCUT2D eigenvalue weighted by Crippen LogP contribution is 2.26. The Bertz CT molecular complexity index is 394. The van der Waals surface area contributed by atoms with E-state index in [-0.39, 0.29) is 12.6 Å². The van der Waals surface area contributed by atoms with Gasteiger partial charge in [-0.25, -0.2) is 0 Å². The van der Waals surface area contributed by atoms with Crippen molar-refractivity contribution in [1.29, 1.82) is 0 Å². The van der Waals surface area contributed by atoms with Gasteiger partial charge in [0.1, 0.15) is 5.75 Å². The molecule has 1 saturated heterocycles. The first kappa shape index (κ1) is 15.1. The zero-order valence-electron chi connectivity index (χ0n) is 12.3. The first-order valence-electron chi connectivity index (χ1n) is 7.57. The standard InChI is InChI=1S/C16H26N2O2/c1-2-9-20-16-5-3-15(4-6-16)18-11-13(7-8-19)10-14(17)12-18/h3-6,13-14,19H,2,7-12,17H2,1H3. The molecule has 0 aliphatic carbocycles. The lowest BCUT2D eigenvalue weighted by atomic mass is 9.92. The molecular formula is C16H26N2O2. The van der Waals surface area contributed by atoms with Gasteiger partial charge in [0.25, 0.3) is 0 Å². The maximum absolute atomic E-state index is 9.10. The van der Waals surface area contributed by atoms with E-state index in [9.17, 15) is 0 Å². The number of hydrogen-bond acceptors (Lipinski definition) is 4. The molecule has 1 fully saturated rings. The third-order valence-corrected chi connectivity index (χ3v) is 3.78. The molecule has 3 N–H and O–H groups in total. The van der Waals surface area contributed by atoms with Crippen LogP contribution in [0.3, 0.4) is 0 Å². The number of nitrogens with two attached hydrogens (primary N) is 1. The molecule has 112 valence electrons. The van der Waals surface area contributed by atoms with Crippen LogP contribution in [0.1, 0.15) is 26.2 Å². The number of nitrogens with zero attached hydrogens (tertiary/aromatic N) is 1. The Hall–Kier alpha value is -1.26. The van der Waals surface area contributed by atoms with Gasteiger partial charge in [-0.15, -0.1) is 0 Å². The molecule has 0 amide bonds. The Morgan fingerprint density at radius 3 is 2.70 bits per heavy atom. The monoisotopic (exact) mass is 278 g/mol. The second kappa shape index (κ2) is 7.50. The van der Waals surface area contributed by atoms with Gasteiger partial charge in [-0.1, -0.05) is 6.92 Å². The Balaban J connectivity index is 1.98. The molecule has 2 atom stereocenters. The molecule has 4 nitrogen and oxygen atoms in total. The fourth-order valence-corrected chi connectivity index (χ4v) is 2.82. The maximum Gasteiger partial charge on any atom is 0.119 e. The van der Waals surface area contributed by atoms with Gasteiger partial charge in [0.15, 0.2) is 0 Å². The number of rotatable bonds is 6. The molecule has 4 heteroatoms. The second-order valence-corrected chi connectivity index (χ2v) is 5.62. The summed E-state index contributed by atoms with van der Waals surface area (Å²) in [6, 6.07) is 8.42. The predicted molar refractivity (Wildman–Crippen MR) is 82.2 cm³/mol. The lowest BCUT2D eigenvalue weighted by Gasteiger charge is -2.37. The van der Waals surface area contributed by atoms with Crippen LogP contribution in [0, 0.1) is 5.92 Å². The van der Waals surface area contributed by atoms with E-state index in [4.69, 9.17) is 15.6 Å². The topological polar surface area (TPSA) is 58.7 Å². The molecule has 20 heavy (non-hydrogen) atoms. The molecule has 0 bridgehead atoms. The number of aliphatic hydroxyl groups excluding tert-OH is 1. The molecule has 1 aromatic rings. The quantitative estimate of drug-likeness (QED) is 0.836. The van der Waals surface area contributed by atoms with Gasteiger partial charge in [0.05, 0.1) is 6.61 Å². The van der Waals surface area contributed by atoms with Gasteiger partial charge in [-0.2, -0.15) is 0 Å². The molecule has 2 rings (SSSR count). The Morgan fingerprint density at radius 2 is 2.05 bits per heavy atom. The molecule has 1 heterocycles. The van der Waals surface area contributed by atoms with E-state index in [0.29, 0.717) is 5.92 Å². The van der Waals surface area contributed by atoms with Gasteiger partial charge in [0.2, 0.25) is 0 Å². The van der Waals surface area contributed by atoms with Gasteiger partial charge < -0.3 is 20.5 Å². The molecule has 0 radical (unpaired) electrons. The van der Waals surface area contributed by atoms with Crippen LogP contribution in [-0.2, 0) is 0 Å². The van der Waals surface area contributed by atoms with Crippen molar-refractivity contribution < 1.29 is 9.84 Å². The summed E-state index contributed by atoms with van der Waals surface area (Å²) in [5.41, 5.74) is 7.32. The Morgan fingerprint density at radius 1 is 1.30 bits per heavy atom. The van der Waals surface area contributed by atoms with E-state index in [2.05, 4.69) is 24.0 Å². The van der Waals surface area contributed by atoms with E-state index >= 15 is 0 Å². The van der Waals surface area contributed by atoms with Crippen LogP contribution in [0.4, 0.5) is 5.69 Å². The fourth-order valence-electron chi connectivity index (χ4n) is 2.82. The van der Waals surface area contributed by atoms with Crippen LogP contribution >= 0.6 is 0 Å². The van der Waals surface area contributed by atoms with E-state index in [1.54, 1.807) is 0 Å². The van der Waals surface area contributed by atoms with E-state index in [1.807, 2.05) is 12.1 Å². The molecule has 0 aromatic heterocycles. The summed E-state index contributed by atoms with van der Waals surface area (Å²) in [6.07, 6.45) is 2.86. The number of benzene rings is 1. The van der Waals surface area contributed by atoms with Crippen molar-refractivity contribution in [2.75, 3.05) is 31.2 Å². The lowest BCUT2D eigenvalue weighted by molar-refractivity contribution is 0.238. The first-order chi connectivity index (χ1) is 9.72. The number of aliphatic hydroxyl groups is 1. The van der Waals surface area contributed by atoms with Crippen molar-refractivity contribution in [2.24, 2.45) is 11.7 Å². The minimum Gasteiger partial charge on any atom is -0.494 e. The predicted octanol–water partition coefficient (Wildman–Crippen LogP) is 2.01. The number of piperidine rings is 1. The lowest BCUT2D eigenvalue weighted by Crippen LogP contribution is -2.47. The molecule has 0 spiro atoms. The molecule has 1 aliphatic rings.